The molecule has 0 bridgehead atoms. The van der Waals surface area contributed by atoms with Crippen LogP contribution in [0.4, 0.5) is 0 Å². The SMILES string of the molecule is [N-]=[N+]=NCCO[C@@H]1OC(CO)[C@@H](O[C@@H]2OC(CO)C(O)[C@H](O)C2O)[C@H](O)C1O. The summed E-state index contributed by atoms with van der Waals surface area (Å²) in [7, 11) is 0. The maximum absolute atomic E-state index is 10.3. The molecule has 0 aromatic heterocycles. The quantitative estimate of drug-likeness (QED) is 0.0879. The number of aliphatic hydroxyl groups is 7. The second-order valence-corrected chi connectivity index (χ2v) is 6.33. The second-order valence-electron chi connectivity index (χ2n) is 6.33. The van der Waals surface area contributed by atoms with Crippen molar-refractivity contribution in [3.63, 3.8) is 0 Å². The van der Waals surface area contributed by atoms with Crippen LogP contribution in [0.25, 0.3) is 10.4 Å². The topological polar surface area (TPSA) is 227 Å². The van der Waals surface area contributed by atoms with E-state index >= 15 is 0 Å². The lowest BCUT2D eigenvalue weighted by Crippen LogP contribution is -2.64. The third kappa shape index (κ3) is 5.07. The van der Waals surface area contributed by atoms with Crippen LogP contribution in [0.2, 0.25) is 0 Å². The lowest BCUT2D eigenvalue weighted by Gasteiger charge is -2.45. The van der Waals surface area contributed by atoms with Gasteiger partial charge in [0.25, 0.3) is 0 Å². The number of aliphatic hydroxyl groups excluding tert-OH is 7. The molecule has 5 unspecified atom stereocenters. The number of hydrogen-bond acceptors (Lipinski definition) is 12. The van der Waals surface area contributed by atoms with Crippen molar-refractivity contribution in [2.45, 2.75) is 61.4 Å². The van der Waals surface area contributed by atoms with Crippen molar-refractivity contribution in [1.29, 1.82) is 0 Å². The van der Waals surface area contributed by atoms with Gasteiger partial charge in [0.1, 0.15) is 48.8 Å². The van der Waals surface area contributed by atoms with E-state index in [1.807, 2.05) is 0 Å². The Bertz CT molecular complexity index is 533. The van der Waals surface area contributed by atoms with Crippen LogP contribution in [0.15, 0.2) is 5.11 Å². The van der Waals surface area contributed by atoms with E-state index in [1.54, 1.807) is 0 Å². The first-order chi connectivity index (χ1) is 13.3. The molecule has 0 aromatic carbocycles. The van der Waals surface area contributed by atoms with E-state index in [-0.39, 0.29) is 13.2 Å². The summed E-state index contributed by atoms with van der Waals surface area (Å²) in [6, 6.07) is 0. The minimum atomic E-state index is -1.74. The molecule has 162 valence electrons. The van der Waals surface area contributed by atoms with Crippen LogP contribution in [0, 0.1) is 0 Å². The zero-order valence-corrected chi connectivity index (χ0v) is 14.7. The van der Waals surface area contributed by atoms with Crippen molar-refractivity contribution in [1.82, 2.24) is 0 Å². The fraction of sp³-hybridized carbons (Fsp3) is 1.00. The molecule has 7 N–H and O–H groups in total. The fourth-order valence-electron chi connectivity index (χ4n) is 2.95. The zero-order chi connectivity index (χ0) is 20.8. The third-order valence-corrected chi connectivity index (χ3v) is 4.50. The predicted octanol–water partition coefficient (Wildman–Crippen LogP) is -4.06. The van der Waals surface area contributed by atoms with Crippen LogP contribution in [0.5, 0.6) is 0 Å². The summed E-state index contributed by atoms with van der Waals surface area (Å²) >= 11 is 0. The first kappa shape index (κ1) is 23.2. The number of rotatable bonds is 8. The van der Waals surface area contributed by atoms with E-state index in [0.29, 0.717) is 0 Å². The molecule has 2 aliphatic heterocycles. The van der Waals surface area contributed by atoms with Crippen molar-refractivity contribution in [3.05, 3.63) is 10.4 Å². The molecule has 0 spiro atoms. The van der Waals surface area contributed by atoms with E-state index in [1.165, 1.54) is 0 Å². The van der Waals surface area contributed by atoms with Crippen LogP contribution in [0.3, 0.4) is 0 Å². The van der Waals surface area contributed by atoms with E-state index < -0.39 is 74.6 Å². The Morgan fingerprint density at radius 1 is 0.821 bits per heavy atom. The first-order valence-electron chi connectivity index (χ1n) is 8.56. The highest BCUT2D eigenvalue weighted by atomic mass is 16.7. The Morgan fingerprint density at radius 3 is 2.04 bits per heavy atom. The molecule has 2 rings (SSSR count). The summed E-state index contributed by atoms with van der Waals surface area (Å²) in [5.41, 5.74) is 8.21. The number of azide groups is 1. The van der Waals surface area contributed by atoms with Crippen LogP contribution in [-0.2, 0) is 18.9 Å². The molecule has 10 atom stereocenters. The van der Waals surface area contributed by atoms with Gasteiger partial charge in [-0.25, -0.2) is 0 Å². The normalized spacial score (nSPS) is 44.1. The van der Waals surface area contributed by atoms with Gasteiger partial charge in [-0.3, -0.25) is 0 Å². The lowest BCUT2D eigenvalue weighted by molar-refractivity contribution is -0.359. The molecule has 2 heterocycles. The minimum Gasteiger partial charge on any atom is -0.394 e. The van der Waals surface area contributed by atoms with Crippen molar-refractivity contribution in [3.8, 4) is 0 Å². The number of hydrogen-bond donors (Lipinski definition) is 7. The van der Waals surface area contributed by atoms with Gasteiger partial charge in [-0.2, -0.15) is 0 Å². The number of nitrogens with zero attached hydrogens (tertiary/aromatic N) is 3. The van der Waals surface area contributed by atoms with Gasteiger partial charge in [-0.05, 0) is 5.53 Å². The monoisotopic (exact) mass is 411 g/mol. The van der Waals surface area contributed by atoms with Crippen molar-refractivity contribution in [2.75, 3.05) is 26.4 Å². The summed E-state index contributed by atoms with van der Waals surface area (Å²) in [5.74, 6) is 0. The van der Waals surface area contributed by atoms with Crippen molar-refractivity contribution < 1.29 is 54.7 Å². The van der Waals surface area contributed by atoms with Crippen LogP contribution in [-0.4, -0.2) is 124 Å². The average molecular weight is 411 g/mol. The van der Waals surface area contributed by atoms with Crippen molar-refractivity contribution in [2.24, 2.45) is 5.11 Å². The molecule has 28 heavy (non-hydrogen) atoms. The van der Waals surface area contributed by atoms with Gasteiger partial charge < -0.3 is 54.7 Å². The van der Waals surface area contributed by atoms with Crippen molar-refractivity contribution >= 4 is 0 Å². The predicted molar refractivity (Wildman–Crippen MR) is 86.4 cm³/mol. The molecule has 14 nitrogen and oxygen atoms in total. The third-order valence-electron chi connectivity index (χ3n) is 4.50. The van der Waals surface area contributed by atoms with Gasteiger partial charge in [0.2, 0.25) is 0 Å². The lowest BCUT2D eigenvalue weighted by atomic mass is 9.97. The molecule has 14 heteroatoms. The minimum absolute atomic E-state index is 0.0479. The van der Waals surface area contributed by atoms with E-state index in [9.17, 15) is 35.7 Å². The zero-order valence-electron chi connectivity index (χ0n) is 14.7. The smallest absolute Gasteiger partial charge is 0.187 e. The molecule has 0 aromatic rings. The maximum atomic E-state index is 10.3. The highest BCUT2D eigenvalue weighted by Crippen LogP contribution is 2.29. The van der Waals surface area contributed by atoms with E-state index in [2.05, 4.69) is 10.0 Å². The molecule has 2 saturated heterocycles. The molecule has 0 aliphatic carbocycles. The van der Waals surface area contributed by atoms with Gasteiger partial charge in [-0.1, -0.05) is 5.11 Å². The van der Waals surface area contributed by atoms with E-state index in [0.717, 1.165) is 0 Å². The standard InChI is InChI=1S/C14H25N3O11/c15-17-16-1-2-25-13-11(24)9(22)12(6(4-19)27-13)28-14-10(23)8(21)7(20)5(3-18)26-14/h5-14,18-24H,1-4H2/t5?,6?,7?,8-,9+,10?,11?,12+,13+,14-/m0/s1. The highest BCUT2D eigenvalue weighted by molar-refractivity contribution is 4.94. The van der Waals surface area contributed by atoms with Gasteiger partial charge >= 0.3 is 0 Å². The van der Waals surface area contributed by atoms with Crippen LogP contribution in [0.1, 0.15) is 0 Å². The molecule has 0 radical (unpaired) electrons. The molecule has 2 fully saturated rings. The summed E-state index contributed by atoms with van der Waals surface area (Å²) in [4.78, 5) is 2.53. The van der Waals surface area contributed by atoms with Gasteiger partial charge in [0.05, 0.1) is 19.8 Å². The first-order valence-corrected chi connectivity index (χ1v) is 8.56. The summed E-state index contributed by atoms with van der Waals surface area (Å²) in [6.07, 6.45) is -15.1. The summed E-state index contributed by atoms with van der Waals surface area (Å²) in [5, 5.41) is 72.1. The Kier molecular flexibility index (Phi) is 8.76. The maximum Gasteiger partial charge on any atom is 0.187 e. The highest BCUT2D eigenvalue weighted by Gasteiger charge is 2.50. The Hall–Kier alpha value is -1.13. The number of ether oxygens (including phenoxy) is 4. The Labute approximate surface area is 159 Å². The van der Waals surface area contributed by atoms with Gasteiger partial charge in [0, 0.05) is 11.5 Å². The molecular formula is C14H25N3O11. The van der Waals surface area contributed by atoms with E-state index in [4.69, 9.17) is 24.5 Å². The van der Waals surface area contributed by atoms with Gasteiger partial charge in [0.15, 0.2) is 12.6 Å². The molecule has 2 aliphatic rings. The van der Waals surface area contributed by atoms with Gasteiger partial charge in [-0.15, -0.1) is 0 Å². The molecular weight excluding hydrogens is 386 g/mol. The fourth-order valence-corrected chi connectivity index (χ4v) is 2.95. The molecule has 0 amide bonds. The second kappa shape index (κ2) is 10.6. The Morgan fingerprint density at radius 2 is 1.43 bits per heavy atom. The van der Waals surface area contributed by atoms with Crippen LogP contribution >= 0.6 is 0 Å². The average Bonchev–Trinajstić information content (AvgIpc) is 2.70. The Balaban J connectivity index is 2.05. The van der Waals surface area contributed by atoms with Crippen LogP contribution < -0.4 is 0 Å². The summed E-state index contributed by atoms with van der Waals surface area (Å²) < 4.78 is 21.1. The largest absolute Gasteiger partial charge is 0.394 e. The molecule has 0 saturated carbocycles. The summed E-state index contributed by atoms with van der Waals surface area (Å²) in [6.45, 7) is -1.51.